The monoisotopic (exact) mass is 338 g/mol. The Morgan fingerprint density at radius 2 is 1.83 bits per heavy atom. The topological polar surface area (TPSA) is 109 Å². The number of aryl methyl sites for hydroxylation is 1. The quantitative estimate of drug-likeness (QED) is 0.772. The highest BCUT2D eigenvalue weighted by Gasteiger charge is 2.21. The van der Waals surface area contributed by atoms with E-state index in [0.717, 1.165) is 6.07 Å². The van der Waals surface area contributed by atoms with Gasteiger partial charge in [0.2, 0.25) is 10.0 Å². The van der Waals surface area contributed by atoms with Crippen LogP contribution in [0.2, 0.25) is 0 Å². The van der Waals surface area contributed by atoms with Gasteiger partial charge in [0.05, 0.1) is 4.90 Å². The third kappa shape index (κ3) is 4.05. The van der Waals surface area contributed by atoms with Gasteiger partial charge in [-0.1, -0.05) is 12.1 Å². The first-order valence-corrected chi connectivity index (χ1v) is 8.11. The summed E-state index contributed by atoms with van der Waals surface area (Å²) < 4.78 is 36.0. The zero-order chi connectivity index (χ0) is 17.2. The number of carbonyl (C=O) groups is 1. The first kappa shape index (κ1) is 16.9. The van der Waals surface area contributed by atoms with Crippen LogP contribution in [0.25, 0.3) is 0 Å². The zero-order valence-corrected chi connectivity index (χ0v) is 13.0. The van der Waals surface area contributed by atoms with Crippen LogP contribution in [-0.4, -0.2) is 19.5 Å². The van der Waals surface area contributed by atoms with Crippen molar-refractivity contribution < 1.29 is 22.7 Å². The molecule has 122 valence electrons. The first-order chi connectivity index (χ1) is 10.7. The summed E-state index contributed by atoms with van der Waals surface area (Å²) in [5, 5.41) is 17.0. The molecule has 0 bridgehead atoms. The minimum absolute atomic E-state index is 0.0868. The lowest BCUT2D eigenvalue weighted by molar-refractivity contribution is -0.138. The van der Waals surface area contributed by atoms with Gasteiger partial charge in [0.1, 0.15) is 5.82 Å². The molecule has 2 aromatic rings. The summed E-state index contributed by atoms with van der Waals surface area (Å²) >= 11 is 0. The molecular formula is C15H15FN2O4S. The molecule has 0 radical (unpaired) electrons. The van der Waals surface area contributed by atoms with Gasteiger partial charge in [0.25, 0.3) is 0 Å². The van der Waals surface area contributed by atoms with Crippen molar-refractivity contribution in [3.63, 3.8) is 0 Å². The predicted octanol–water partition coefficient (Wildman–Crippen LogP) is 2.02. The van der Waals surface area contributed by atoms with Crippen molar-refractivity contribution in [1.82, 2.24) is 0 Å². The highest BCUT2D eigenvalue weighted by atomic mass is 32.2. The number of primary sulfonamides is 1. The van der Waals surface area contributed by atoms with Crippen LogP contribution in [0.1, 0.15) is 17.2 Å². The van der Waals surface area contributed by atoms with Crippen LogP contribution in [0.15, 0.2) is 47.4 Å². The number of halogens is 1. The number of sulfonamides is 1. The molecule has 2 rings (SSSR count). The average molecular weight is 338 g/mol. The minimum Gasteiger partial charge on any atom is -0.479 e. The number of nitrogens with two attached hydrogens (primary N) is 1. The second-order valence-electron chi connectivity index (χ2n) is 4.99. The van der Waals surface area contributed by atoms with Gasteiger partial charge >= 0.3 is 5.97 Å². The highest BCUT2D eigenvalue weighted by molar-refractivity contribution is 7.89. The maximum absolute atomic E-state index is 13.6. The predicted molar refractivity (Wildman–Crippen MR) is 83.0 cm³/mol. The smallest absolute Gasteiger partial charge is 0.330 e. The van der Waals surface area contributed by atoms with Gasteiger partial charge in [0.15, 0.2) is 6.04 Å². The van der Waals surface area contributed by atoms with Gasteiger partial charge in [0, 0.05) is 5.69 Å². The summed E-state index contributed by atoms with van der Waals surface area (Å²) in [5.41, 5.74) is 1.03. The molecule has 0 saturated heterocycles. The molecule has 0 aliphatic heterocycles. The van der Waals surface area contributed by atoms with Gasteiger partial charge in [-0.3, -0.25) is 0 Å². The van der Waals surface area contributed by atoms with Crippen molar-refractivity contribution in [2.75, 3.05) is 5.32 Å². The lowest BCUT2D eigenvalue weighted by Crippen LogP contribution is -2.21. The van der Waals surface area contributed by atoms with Gasteiger partial charge in [-0.25, -0.2) is 22.7 Å². The van der Waals surface area contributed by atoms with Gasteiger partial charge in [-0.15, -0.1) is 0 Å². The molecule has 8 heteroatoms. The number of hydrogen-bond acceptors (Lipinski definition) is 4. The molecule has 0 fully saturated rings. The largest absolute Gasteiger partial charge is 0.479 e. The van der Waals surface area contributed by atoms with Crippen molar-refractivity contribution in [3.8, 4) is 0 Å². The van der Waals surface area contributed by atoms with Crippen LogP contribution in [0, 0.1) is 12.7 Å². The third-order valence-corrected chi connectivity index (χ3v) is 4.20. The van der Waals surface area contributed by atoms with Crippen LogP contribution in [0.5, 0.6) is 0 Å². The van der Waals surface area contributed by atoms with Gasteiger partial charge in [-0.2, -0.15) is 0 Å². The van der Waals surface area contributed by atoms with Crippen molar-refractivity contribution in [2.24, 2.45) is 5.14 Å². The Hall–Kier alpha value is -2.45. The standard InChI is InChI=1S/C15H15FN2O4S/c1-9-2-3-10(8-13(9)16)14(15(19)20)18-11-4-6-12(7-5-11)23(17,21)22/h2-8,14,18H,1H3,(H,19,20)(H2,17,21,22). The Balaban J connectivity index is 2.29. The van der Waals surface area contributed by atoms with Crippen molar-refractivity contribution in [3.05, 3.63) is 59.4 Å². The number of anilines is 1. The molecule has 1 unspecified atom stereocenters. The van der Waals surface area contributed by atoms with Crippen LogP contribution in [0.3, 0.4) is 0 Å². The van der Waals surface area contributed by atoms with E-state index in [1.807, 2.05) is 0 Å². The molecule has 4 N–H and O–H groups in total. The Bertz CT molecular complexity index is 835. The van der Waals surface area contributed by atoms with E-state index in [0.29, 0.717) is 11.3 Å². The molecule has 0 saturated carbocycles. The second kappa shape index (κ2) is 6.35. The molecule has 0 spiro atoms. The molecule has 0 aliphatic rings. The summed E-state index contributed by atoms with van der Waals surface area (Å²) in [6, 6.07) is 8.28. The van der Waals surface area contributed by atoms with Crippen LogP contribution in [-0.2, 0) is 14.8 Å². The molecular weight excluding hydrogens is 323 g/mol. The fourth-order valence-electron chi connectivity index (χ4n) is 1.98. The Morgan fingerprint density at radius 1 is 1.22 bits per heavy atom. The van der Waals surface area contributed by atoms with Crippen LogP contribution < -0.4 is 10.5 Å². The molecule has 1 atom stereocenters. The van der Waals surface area contributed by atoms with E-state index in [4.69, 9.17) is 5.14 Å². The number of benzene rings is 2. The van der Waals surface area contributed by atoms with Crippen molar-refractivity contribution >= 4 is 21.7 Å². The van der Waals surface area contributed by atoms with E-state index < -0.39 is 27.9 Å². The summed E-state index contributed by atoms with van der Waals surface area (Å²) in [7, 11) is -3.82. The zero-order valence-electron chi connectivity index (χ0n) is 12.2. The second-order valence-corrected chi connectivity index (χ2v) is 6.56. The van der Waals surface area contributed by atoms with E-state index in [9.17, 15) is 22.7 Å². The Kier molecular flexibility index (Phi) is 4.67. The number of hydrogen-bond donors (Lipinski definition) is 3. The molecule has 0 aromatic heterocycles. The fraction of sp³-hybridized carbons (Fsp3) is 0.133. The fourth-order valence-corrected chi connectivity index (χ4v) is 2.50. The maximum atomic E-state index is 13.6. The highest BCUT2D eigenvalue weighted by Crippen LogP contribution is 2.23. The van der Waals surface area contributed by atoms with Gasteiger partial charge < -0.3 is 10.4 Å². The molecule has 0 amide bonds. The lowest BCUT2D eigenvalue weighted by atomic mass is 10.0. The van der Waals surface area contributed by atoms with Gasteiger partial charge in [-0.05, 0) is 48.4 Å². The Labute approximate surface area is 132 Å². The summed E-state index contributed by atoms with van der Waals surface area (Å²) in [4.78, 5) is 11.3. The number of carboxylic acids is 1. The molecule has 2 aromatic carbocycles. The van der Waals surface area contributed by atoms with Crippen LogP contribution in [0.4, 0.5) is 10.1 Å². The van der Waals surface area contributed by atoms with Crippen LogP contribution >= 0.6 is 0 Å². The maximum Gasteiger partial charge on any atom is 0.330 e. The molecule has 6 nitrogen and oxygen atoms in total. The normalized spacial score (nSPS) is 12.7. The minimum atomic E-state index is -3.82. The molecule has 0 aliphatic carbocycles. The molecule has 23 heavy (non-hydrogen) atoms. The summed E-state index contributed by atoms with van der Waals surface area (Å²) in [6.07, 6.45) is 0. The van der Waals surface area contributed by atoms with E-state index in [-0.39, 0.29) is 10.5 Å². The molecule has 0 heterocycles. The van der Waals surface area contributed by atoms with Crippen molar-refractivity contribution in [1.29, 1.82) is 0 Å². The third-order valence-electron chi connectivity index (χ3n) is 3.27. The summed E-state index contributed by atoms with van der Waals surface area (Å²) in [5.74, 6) is -1.69. The van der Waals surface area contributed by atoms with Crippen molar-refractivity contribution in [2.45, 2.75) is 17.9 Å². The number of rotatable bonds is 5. The lowest BCUT2D eigenvalue weighted by Gasteiger charge is -2.17. The van der Waals surface area contributed by atoms with E-state index in [2.05, 4.69) is 5.32 Å². The first-order valence-electron chi connectivity index (χ1n) is 6.57. The van der Waals surface area contributed by atoms with E-state index in [1.54, 1.807) is 6.92 Å². The number of carboxylic acid groups (broad SMARTS) is 1. The average Bonchev–Trinajstić information content (AvgIpc) is 2.47. The summed E-state index contributed by atoms with van der Waals surface area (Å²) in [6.45, 7) is 1.58. The Morgan fingerprint density at radius 3 is 2.30 bits per heavy atom. The van der Waals surface area contributed by atoms with E-state index in [1.165, 1.54) is 36.4 Å². The van der Waals surface area contributed by atoms with E-state index >= 15 is 0 Å². The number of aliphatic carboxylic acids is 1. The number of nitrogens with one attached hydrogen (secondary N) is 1. The SMILES string of the molecule is Cc1ccc(C(Nc2ccc(S(N)(=O)=O)cc2)C(=O)O)cc1F.